The third-order valence-corrected chi connectivity index (χ3v) is 3.31. The molecule has 1 fully saturated rings. The van der Waals surface area contributed by atoms with Crippen LogP contribution < -0.4 is 0 Å². The van der Waals surface area contributed by atoms with Crippen molar-refractivity contribution in [3.8, 4) is 0 Å². The Morgan fingerprint density at radius 1 is 1.29 bits per heavy atom. The molecule has 1 aliphatic rings. The molecule has 2 heteroatoms. The van der Waals surface area contributed by atoms with E-state index in [0.29, 0.717) is 0 Å². The first-order valence-electron chi connectivity index (χ1n) is 5.05. The molecule has 0 aromatic heterocycles. The average molecular weight is 196 g/mol. The third-order valence-electron chi connectivity index (χ3n) is 3.31. The molecule has 0 nitrogen and oxygen atoms in total. The van der Waals surface area contributed by atoms with E-state index in [-0.39, 0.29) is 11.2 Å². The van der Waals surface area contributed by atoms with Gasteiger partial charge in [0.05, 0.1) is 0 Å². The van der Waals surface area contributed by atoms with Gasteiger partial charge in [-0.15, -0.1) is 0 Å². The third kappa shape index (κ3) is 1.33. The molecule has 0 unspecified atom stereocenters. The largest absolute Gasteiger partial charge is 0.207 e. The van der Waals surface area contributed by atoms with Crippen LogP contribution in [0.15, 0.2) is 12.1 Å². The van der Waals surface area contributed by atoms with Crippen LogP contribution >= 0.6 is 0 Å². The Morgan fingerprint density at radius 3 is 2.36 bits per heavy atom. The van der Waals surface area contributed by atoms with Crippen LogP contribution in [0.5, 0.6) is 0 Å². The van der Waals surface area contributed by atoms with Crippen LogP contribution in [0.1, 0.15) is 37.3 Å². The first-order valence-corrected chi connectivity index (χ1v) is 5.05. The highest BCUT2D eigenvalue weighted by atomic mass is 19.1. The Bertz CT molecular complexity index is 342. The van der Waals surface area contributed by atoms with Crippen LogP contribution in [0, 0.1) is 18.6 Å². The molecular formula is C12H14F2. The van der Waals surface area contributed by atoms with Gasteiger partial charge >= 0.3 is 0 Å². The SMILES string of the molecule is CCC1(c2c(C)cc(F)cc2F)CC1. The van der Waals surface area contributed by atoms with E-state index in [0.717, 1.165) is 36.5 Å². The molecule has 0 amide bonds. The molecule has 14 heavy (non-hydrogen) atoms. The number of hydrogen-bond acceptors (Lipinski definition) is 0. The average Bonchev–Trinajstić information content (AvgIpc) is 2.83. The molecular weight excluding hydrogens is 182 g/mol. The van der Waals surface area contributed by atoms with Crippen LogP contribution in [0.2, 0.25) is 0 Å². The Hall–Kier alpha value is -0.920. The fourth-order valence-electron chi connectivity index (χ4n) is 2.31. The fraction of sp³-hybridized carbons (Fsp3) is 0.500. The summed E-state index contributed by atoms with van der Waals surface area (Å²) in [6.45, 7) is 3.85. The van der Waals surface area contributed by atoms with E-state index in [2.05, 4.69) is 6.92 Å². The fourth-order valence-corrected chi connectivity index (χ4v) is 2.31. The van der Waals surface area contributed by atoms with Crippen molar-refractivity contribution in [3.05, 3.63) is 34.9 Å². The lowest BCUT2D eigenvalue weighted by Crippen LogP contribution is -2.10. The summed E-state index contributed by atoms with van der Waals surface area (Å²) in [6.07, 6.45) is 3.01. The molecule has 0 radical (unpaired) electrons. The van der Waals surface area contributed by atoms with Gasteiger partial charge in [0.15, 0.2) is 0 Å². The van der Waals surface area contributed by atoms with Gasteiger partial charge in [-0.05, 0) is 48.8 Å². The van der Waals surface area contributed by atoms with Gasteiger partial charge in [0.25, 0.3) is 0 Å². The minimum Gasteiger partial charge on any atom is -0.207 e. The van der Waals surface area contributed by atoms with Gasteiger partial charge < -0.3 is 0 Å². The Kier molecular flexibility index (Phi) is 2.09. The maximum absolute atomic E-state index is 13.6. The van der Waals surface area contributed by atoms with E-state index in [1.165, 1.54) is 6.07 Å². The second-order valence-electron chi connectivity index (χ2n) is 4.21. The molecule has 0 saturated heterocycles. The summed E-state index contributed by atoms with van der Waals surface area (Å²) in [5.74, 6) is -0.850. The summed E-state index contributed by atoms with van der Waals surface area (Å²) in [6, 6.07) is 2.42. The monoisotopic (exact) mass is 196 g/mol. The Labute approximate surface area is 82.9 Å². The first kappa shape index (κ1) is 9.63. The minimum atomic E-state index is -0.476. The number of benzene rings is 1. The van der Waals surface area contributed by atoms with Gasteiger partial charge in [0.1, 0.15) is 11.6 Å². The lowest BCUT2D eigenvalue weighted by Gasteiger charge is -2.16. The number of rotatable bonds is 2. The van der Waals surface area contributed by atoms with E-state index in [1.54, 1.807) is 6.92 Å². The summed E-state index contributed by atoms with van der Waals surface area (Å²) in [5, 5.41) is 0. The van der Waals surface area contributed by atoms with Gasteiger partial charge in [-0.2, -0.15) is 0 Å². The standard InChI is InChI=1S/C12H14F2/c1-3-12(4-5-12)11-8(2)6-9(13)7-10(11)14/h6-7H,3-5H2,1-2H3. The molecule has 0 atom stereocenters. The summed E-state index contributed by atoms with van der Waals surface area (Å²) in [7, 11) is 0. The van der Waals surface area contributed by atoms with Crippen LogP contribution in [0.4, 0.5) is 8.78 Å². The molecule has 2 rings (SSSR count). The lowest BCUT2D eigenvalue weighted by molar-refractivity contribution is 0.537. The van der Waals surface area contributed by atoms with Crippen molar-refractivity contribution in [2.45, 2.75) is 38.5 Å². The molecule has 76 valence electrons. The van der Waals surface area contributed by atoms with Crippen LogP contribution in [-0.4, -0.2) is 0 Å². The normalized spacial score (nSPS) is 18.3. The zero-order valence-electron chi connectivity index (χ0n) is 8.53. The maximum Gasteiger partial charge on any atom is 0.130 e. The molecule has 1 saturated carbocycles. The topological polar surface area (TPSA) is 0 Å². The molecule has 0 heterocycles. The predicted molar refractivity (Wildman–Crippen MR) is 52.3 cm³/mol. The van der Waals surface area contributed by atoms with E-state index in [4.69, 9.17) is 0 Å². The summed E-state index contributed by atoms with van der Waals surface area (Å²) < 4.78 is 26.5. The predicted octanol–water partition coefficient (Wildman–Crippen LogP) is 3.71. The van der Waals surface area contributed by atoms with Gasteiger partial charge in [0.2, 0.25) is 0 Å². The van der Waals surface area contributed by atoms with Crippen molar-refractivity contribution in [2.75, 3.05) is 0 Å². The second kappa shape index (κ2) is 3.04. The minimum absolute atomic E-state index is 0.0157. The first-order chi connectivity index (χ1) is 6.59. The van der Waals surface area contributed by atoms with E-state index in [9.17, 15) is 8.78 Å². The van der Waals surface area contributed by atoms with Crippen LogP contribution in [0.3, 0.4) is 0 Å². The lowest BCUT2D eigenvalue weighted by atomic mass is 9.89. The smallest absolute Gasteiger partial charge is 0.130 e. The summed E-state index contributed by atoms with van der Waals surface area (Å²) >= 11 is 0. The molecule has 0 N–H and O–H groups in total. The number of aryl methyl sites for hydroxylation is 1. The maximum atomic E-state index is 13.6. The highest BCUT2D eigenvalue weighted by Gasteiger charge is 2.45. The number of hydrogen-bond donors (Lipinski definition) is 0. The van der Waals surface area contributed by atoms with Gasteiger partial charge in [-0.25, -0.2) is 8.78 Å². The van der Waals surface area contributed by atoms with E-state index in [1.807, 2.05) is 0 Å². The summed E-state index contributed by atoms with van der Waals surface area (Å²) in [5.41, 5.74) is 1.50. The van der Waals surface area contributed by atoms with E-state index < -0.39 is 5.82 Å². The molecule has 0 aliphatic heterocycles. The zero-order chi connectivity index (χ0) is 10.3. The van der Waals surface area contributed by atoms with Crippen molar-refractivity contribution < 1.29 is 8.78 Å². The van der Waals surface area contributed by atoms with Gasteiger partial charge in [-0.3, -0.25) is 0 Å². The van der Waals surface area contributed by atoms with Crippen molar-refractivity contribution in [1.29, 1.82) is 0 Å². The van der Waals surface area contributed by atoms with Gasteiger partial charge in [-0.1, -0.05) is 6.92 Å². The molecule has 1 aromatic carbocycles. The molecule has 0 bridgehead atoms. The quantitative estimate of drug-likeness (QED) is 0.676. The van der Waals surface area contributed by atoms with Crippen LogP contribution in [0.25, 0.3) is 0 Å². The van der Waals surface area contributed by atoms with Crippen LogP contribution in [-0.2, 0) is 5.41 Å². The highest BCUT2D eigenvalue weighted by Crippen LogP contribution is 2.52. The van der Waals surface area contributed by atoms with E-state index >= 15 is 0 Å². The van der Waals surface area contributed by atoms with Crippen molar-refractivity contribution in [1.82, 2.24) is 0 Å². The highest BCUT2D eigenvalue weighted by molar-refractivity contribution is 5.39. The van der Waals surface area contributed by atoms with Crippen molar-refractivity contribution in [2.24, 2.45) is 0 Å². The molecule has 0 spiro atoms. The number of halogens is 2. The molecule has 1 aliphatic carbocycles. The summed E-state index contributed by atoms with van der Waals surface area (Å²) in [4.78, 5) is 0. The van der Waals surface area contributed by atoms with Gasteiger partial charge in [0, 0.05) is 6.07 Å². The molecule has 1 aromatic rings. The second-order valence-corrected chi connectivity index (χ2v) is 4.21. The Morgan fingerprint density at radius 2 is 1.93 bits per heavy atom. The zero-order valence-corrected chi connectivity index (χ0v) is 8.53. The Balaban J connectivity index is 2.53. The van der Waals surface area contributed by atoms with Crippen molar-refractivity contribution in [3.63, 3.8) is 0 Å². The van der Waals surface area contributed by atoms with Crippen molar-refractivity contribution >= 4 is 0 Å².